The minimum Gasteiger partial charge on any atom is -0.339 e. The van der Waals surface area contributed by atoms with Gasteiger partial charge in [-0.15, -0.1) is 0 Å². The Hall–Kier alpha value is -3.80. The van der Waals surface area contributed by atoms with Crippen molar-refractivity contribution in [1.29, 1.82) is 0 Å². The molecule has 2 aromatic heterocycles. The first kappa shape index (κ1) is 19.2. The molecule has 0 bridgehead atoms. The van der Waals surface area contributed by atoms with Crippen LogP contribution in [0.4, 0.5) is 0 Å². The second kappa shape index (κ2) is 8.14. The highest BCUT2D eigenvalue weighted by molar-refractivity contribution is 6.15. The number of carbonyl (C=O) groups excluding carboxylic acids is 2. The van der Waals surface area contributed by atoms with Crippen molar-refractivity contribution in [2.45, 2.75) is 6.42 Å². The number of fused-ring (bicyclic) bond motifs is 3. The second-order valence-corrected chi connectivity index (χ2v) is 7.72. The smallest absolute Gasteiger partial charge is 0.256 e. The minimum absolute atomic E-state index is 0.0359. The lowest BCUT2D eigenvalue weighted by Gasteiger charge is -2.35. The van der Waals surface area contributed by atoms with Crippen LogP contribution in [0, 0.1) is 0 Å². The molecule has 6 nitrogen and oxygen atoms in total. The number of nitrogens with zero attached hydrogens (tertiary/aromatic N) is 4. The lowest BCUT2D eigenvalue weighted by Crippen LogP contribution is -2.51. The summed E-state index contributed by atoms with van der Waals surface area (Å²) in [5, 5.41) is 3.09. The van der Waals surface area contributed by atoms with Gasteiger partial charge in [0.05, 0.1) is 17.5 Å². The second-order valence-electron chi connectivity index (χ2n) is 7.72. The fourth-order valence-corrected chi connectivity index (χ4v) is 4.19. The summed E-state index contributed by atoms with van der Waals surface area (Å²) < 4.78 is 0. The molecule has 1 saturated heterocycles. The first-order valence-corrected chi connectivity index (χ1v) is 10.4. The first-order valence-electron chi connectivity index (χ1n) is 10.4. The lowest BCUT2D eigenvalue weighted by molar-refractivity contribution is -0.132. The van der Waals surface area contributed by atoms with Gasteiger partial charge in [0.25, 0.3) is 5.91 Å². The third kappa shape index (κ3) is 3.72. The zero-order valence-corrected chi connectivity index (χ0v) is 17.1. The van der Waals surface area contributed by atoms with Crippen LogP contribution < -0.4 is 0 Å². The molecule has 0 atom stereocenters. The van der Waals surface area contributed by atoms with E-state index in [0.717, 1.165) is 27.4 Å². The van der Waals surface area contributed by atoms with Gasteiger partial charge in [0.1, 0.15) is 0 Å². The summed E-state index contributed by atoms with van der Waals surface area (Å²) in [5.74, 6) is 0.00917. The van der Waals surface area contributed by atoms with Crippen LogP contribution in [0.5, 0.6) is 0 Å². The third-order valence-electron chi connectivity index (χ3n) is 5.82. The van der Waals surface area contributed by atoms with Gasteiger partial charge < -0.3 is 9.80 Å². The monoisotopic (exact) mass is 410 g/mol. The van der Waals surface area contributed by atoms with Crippen LogP contribution in [0.3, 0.4) is 0 Å². The fourth-order valence-electron chi connectivity index (χ4n) is 4.19. The third-order valence-corrected chi connectivity index (χ3v) is 5.82. The van der Waals surface area contributed by atoms with Crippen LogP contribution in [0.1, 0.15) is 16.1 Å². The Morgan fingerprint density at radius 2 is 1.48 bits per heavy atom. The molecule has 1 aliphatic heterocycles. The molecule has 0 aliphatic carbocycles. The van der Waals surface area contributed by atoms with E-state index in [1.54, 1.807) is 12.4 Å². The zero-order chi connectivity index (χ0) is 21.2. The largest absolute Gasteiger partial charge is 0.339 e. The van der Waals surface area contributed by atoms with Gasteiger partial charge in [-0.05, 0) is 35.0 Å². The summed E-state index contributed by atoms with van der Waals surface area (Å²) in [7, 11) is 0. The molecule has 0 N–H and O–H groups in total. The highest BCUT2D eigenvalue weighted by atomic mass is 16.2. The van der Waals surface area contributed by atoms with Crippen LogP contribution in [0.2, 0.25) is 0 Å². The predicted molar refractivity (Wildman–Crippen MR) is 120 cm³/mol. The number of carbonyl (C=O) groups is 2. The van der Waals surface area contributed by atoms with Gasteiger partial charge >= 0.3 is 0 Å². The van der Waals surface area contributed by atoms with E-state index in [1.807, 2.05) is 64.4 Å². The summed E-state index contributed by atoms with van der Waals surface area (Å²) in [6, 6.07) is 19.5. The molecular weight excluding hydrogens is 388 g/mol. The SMILES string of the molecule is O=C(Cc1ccccn1)N1CCN(C(=O)c2cc3ccccc3c3cccnc23)CC1. The molecule has 2 aromatic carbocycles. The molecule has 1 fully saturated rings. The summed E-state index contributed by atoms with van der Waals surface area (Å²) in [4.78, 5) is 38.4. The maximum Gasteiger partial charge on any atom is 0.256 e. The molecule has 1 aliphatic rings. The molecule has 0 radical (unpaired) electrons. The number of rotatable bonds is 3. The molecule has 5 rings (SSSR count). The number of hydrogen-bond acceptors (Lipinski definition) is 4. The van der Waals surface area contributed by atoms with E-state index in [9.17, 15) is 9.59 Å². The number of piperazine rings is 1. The number of pyridine rings is 2. The summed E-state index contributed by atoms with van der Waals surface area (Å²) in [5.41, 5.74) is 2.10. The Morgan fingerprint density at radius 1 is 0.774 bits per heavy atom. The highest BCUT2D eigenvalue weighted by Crippen LogP contribution is 2.28. The van der Waals surface area contributed by atoms with Gasteiger partial charge in [0.15, 0.2) is 0 Å². The molecule has 31 heavy (non-hydrogen) atoms. The van der Waals surface area contributed by atoms with E-state index >= 15 is 0 Å². The number of benzene rings is 2. The summed E-state index contributed by atoms with van der Waals surface area (Å²) in [6.45, 7) is 2.06. The molecular formula is C25H22N4O2. The summed E-state index contributed by atoms with van der Waals surface area (Å²) in [6.07, 6.45) is 3.71. The van der Waals surface area contributed by atoms with Crippen LogP contribution in [-0.4, -0.2) is 57.8 Å². The topological polar surface area (TPSA) is 66.4 Å². The van der Waals surface area contributed by atoms with E-state index in [4.69, 9.17) is 0 Å². The van der Waals surface area contributed by atoms with E-state index in [2.05, 4.69) is 16.0 Å². The van der Waals surface area contributed by atoms with Gasteiger partial charge in [-0.25, -0.2) is 0 Å². The van der Waals surface area contributed by atoms with Crippen molar-refractivity contribution in [3.63, 3.8) is 0 Å². The molecule has 154 valence electrons. The zero-order valence-electron chi connectivity index (χ0n) is 17.1. The highest BCUT2D eigenvalue weighted by Gasteiger charge is 2.26. The number of amides is 2. The van der Waals surface area contributed by atoms with Gasteiger partial charge in [-0.1, -0.05) is 36.4 Å². The van der Waals surface area contributed by atoms with Gasteiger partial charge in [0.2, 0.25) is 5.91 Å². The van der Waals surface area contributed by atoms with Crippen molar-refractivity contribution < 1.29 is 9.59 Å². The summed E-state index contributed by atoms with van der Waals surface area (Å²) >= 11 is 0. The molecule has 0 spiro atoms. The Balaban J connectivity index is 1.35. The van der Waals surface area contributed by atoms with Crippen LogP contribution in [0.25, 0.3) is 21.7 Å². The number of hydrogen-bond donors (Lipinski definition) is 0. The van der Waals surface area contributed by atoms with Crippen molar-refractivity contribution in [3.8, 4) is 0 Å². The van der Waals surface area contributed by atoms with Gasteiger partial charge in [0, 0.05) is 49.7 Å². The Bertz CT molecular complexity index is 1260. The Kier molecular flexibility index (Phi) is 5.04. The maximum absolute atomic E-state index is 13.4. The van der Waals surface area contributed by atoms with Crippen molar-refractivity contribution in [2.24, 2.45) is 0 Å². The number of aromatic nitrogens is 2. The Morgan fingerprint density at radius 3 is 2.29 bits per heavy atom. The van der Waals surface area contributed by atoms with Gasteiger partial charge in [-0.3, -0.25) is 19.6 Å². The van der Waals surface area contributed by atoms with Crippen LogP contribution >= 0.6 is 0 Å². The molecule has 4 aromatic rings. The van der Waals surface area contributed by atoms with E-state index in [-0.39, 0.29) is 18.2 Å². The maximum atomic E-state index is 13.4. The normalized spacial score (nSPS) is 14.2. The van der Waals surface area contributed by atoms with E-state index in [1.165, 1.54) is 0 Å². The molecule has 0 saturated carbocycles. The average Bonchev–Trinajstić information content (AvgIpc) is 2.84. The van der Waals surface area contributed by atoms with Crippen molar-refractivity contribution in [2.75, 3.05) is 26.2 Å². The van der Waals surface area contributed by atoms with E-state index < -0.39 is 0 Å². The molecule has 2 amide bonds. The molecule has 3 heterocycles. The van der Waals surface area contributed by atoms with Gasteiger partial charge in [-0.2, -0.15) is 0 Å². The van der Waals surface area contributed by atoms with Crippen molar-refractivity contribution in [1.82, 2.24) is 19.8 Å². The fraction of sp³-hybridized carbons (Fsp3) is 0.200. The quantitative estimate of drug-likeness (QED) is 0.486. The standard InChI is InChI=1S/C25H22N4O2/c30-23(17-19-7-3-4-10-26-19)28-12-14-29(15-13-28)25(31)22-16-18-6-1-2-8-20(18)21-9-5-11-27-24(21)22/h1-11,16H,12-15,17H2. The first-order chi connectivity index (χ1) is 15.2. The Labute approximate surface area is 180 Å². The van der Waals surface area contributed by atoms with E-state index in [0.29, 0.717) is 31.7 Å². The average molecular weight is 410 g/mol. The molecule has 6 heteroatoms. The van der Waals surface area contributed by atoms with Crippen molar-refractivity contribution in [3.05, 3.63) is 84.3 Å². The molecule has 0 unspecified atom stereocenters. The van der Waals surface area contributed by atoms with Crippen LogP contribution in [-0.2, 0) is 11.2 Å². The minimum atomic E-state index is -0.0359. The predicted octanol–water partition coefficient (Wildman–Crippen LogP) is 3.31. The van der Waals surface area contributed by atoms with Crippen LogP contribution in [0.15, 0.2) is 73.1 Å². The lowest BCUT2D eigenvalue weighted by atomic mass is 10.00. The van der Waals surface area contributed by atoms with Crippen molar-refractivity contribution >= 4 is 33.5 Å².